The van der Waals surface area contributed by atoms with Crippen molar-refractivity contribution in [3.8, 4) is 11.5 Å². The Morgan fingerprint density at radius 3 is 0.567 bits per heavy atom. The third-order valence-electron chi connectivity index (χ3n) is 7.34. The van der Waals surface area contributed by atoms with Crippen LogP contribution in [-0.4, -0.2) is 95.6 Å². The molecule has 0 bridgehead atoms. The first-order valence-corrected chi connectivity index (χ1v) is 13.4. The summed E-state index contributed by atoms with van der Waals surface area (Å²) in [6.07, 6.45) is -31.7. The van der Waals surface area contributed by atoms with Crippen molar-refractivity contribution in [2.24, 2.45) is 0 Å². The third kappa shape index (κ3) is 7.06. The zero-order chi connectivity index (χ0) is 49.1. The smallest absolute Gasteiger partial charge is 0.428 e. The maximum atomic E-state index is 14.2. The highest BCUT2D eigenvalue weighted by atomic mass is 19.4. The van der Waals surface area contributed by atoms with Gasteiger partial charge < -0.3 is 9.47 Å². The highest BCUT2D eigenvalue weighted by Crippen LogP contribution is 2.66. The van der Waals surface area contributed by atoms with E-state index < -0.39 is 130 Å². The summed E-state index contributed by atoms with van der Waals surface area (Å²) in [6.45, 7) is -0.363. The highest BCUT2D eigenvalue weighted by molar-refractivity contribution is 5.46. The normalized spacial score (nSPS) is 16.3. The van der Waals surface area contributed by atoms with Gasteiger partial charge in [0.2, 0.25) is 0 Å². The maximum Gasteiger partial charge on any atom is 0.471 e. The minimum absolute atomic E-state index is 0.182. The molecule has 0 aliphatic heterocycles. The first-order valence-electron chi connectivity index (χ1n) is 13.4. The summed E-state index contributed by atoms with van der Waals surface area (Å²) in [5, 5.41) is 0. The topological polar surface area (TPSA) is 18.5 Å². The fourth-order valence-electron chi connectivity index (χ4n) is 3.69. The Labute approximate surface area is 304 Å². The van der Waals surface area contributed by atoms with Crippen LogP contribution in [0.15, 0.2) is 12.1 Å². The molecule has 0 heterocycles. The van der Waals surface area contributed by atoms with Gasteiger partial charge in [0.05, 0.1) is 0 Å². The Bertz CT molecular complexity index is 1600. The van der Waals surface area contributed by atoms with Gasteiger partial charge in [-0.05, 0) is 37.1 Å². The van der Waals surface area contributed by atoms with Gasteiger partial charge in [-0.1, -0.05) is 0 Å². The zero-order valence-corrected chi connectivity index (χ0v) is 26.8. The van der Waals surface area contributed by atoms with Crippen molar-refractivity contribution < 1.29 is 159 Å². The average molecular weight is 974 g/mol. The molecule has 0 amide bonds. The predicted octanol–water partition coefficient (Wildman–Crippen LogP) is 13.0. The van der Waals surface area contributed by atoms with Crippen LogP contribution >= 0.6 is 0 Å². The number of ether oxygens (including phenoxy) is 2. The molecule has 36 heteroatoms. The Morgan fingerprint density at radius 1 is 0.250 bits per heavy atom. The molecule has 0 N–H and O–H groups in total. The molecule has 0 saturated heterocycles. The van der Waals surface area contributed by atoms with Gasteiger partial charge in [0.15, 0.2) is 0 Å². The molecule has 60 heavy (non-hydrogen) atoms. The van der Waals surface area contributed by atoms with E-state index in [0.29, 0.717) is 0 Å². The third-order valence-corrected chi connectivity index (χ3v) is 7.34. The SMILES string of the molecule is Cc1cc(OC(F)(F)C(F)(F)C(F)(F)C(F)(F)C(F)(F)C(F)(F)C(F)(F)C(F)(F)F)c(C)cc1OC(F)(F)C(F)(F)C(F)(F)C(F)(F)C(F)(F)C(F)(F)C(F)(F)C(F)(F)F. The van der Waals surface area contributed by atoms with Crippen LogP contribution in [0.1, 0.15) is 11.1 Å². The van der Waals surface area contributed by atoms with Crippen molar-refractivity contribution >= 4 is 0 Å². The second-order valence-electron chi connectivity index (χ2n) is 11.5. The van der Waals surface area contributed by atoms with Gasteiger partial charge in [0.1, 0.15) is 11.5 Å². The van der Waals surface area contributed by atoms with Gasteiger partial charge in [0, 0.05) is 0 Å². The second-order valence-corrected chi connectivity index (χ2v) is 11.5. The molecule has 1 aromatic carbocycles. The van der Waals surface area contributed by atoms with Crippen LogP contribution in [0.4, 0.5) is 149 Å². The molecular formula is C24H8F34O2. The molecule has 1 aromatic rings. The summed E-state index contributed by atoms with van der Waals surface area (Å²) in [5.74, 6) is -112. The molecular weight excluding hydrogens is 966 g/mol. The van der Waals surface area contributed by atoms with Crippen LogP contribution in [0.2, 0.25) is 0 Å². The van der Waals surface area contributed by atoms with Gasteiger partial charge in [-0.15, -0.1) is 0 Å². The standard InChI is InChI=1S/C24H8F34O2/c1-5-3-8(60-24(57,58)20(47,48)16(39,40)12(31,32)10(27,28)14(35,36)18(43,44)22(52,53)54)6(2)4-7(5)59-23(55,56)19(45,46)15(37,38)11(29,30)9(25,26)13(33,34)17(41,42)21(49,50)51/h3-4H,1-2H3. The van der Waals surface area contributed by atoms with E-state index >= 15 is 0 Å². The molecule has 0 aliphatic carbocycles. The van der Waals surface area contributed by atoms with Crippen molar-refractivity contribution in [3.05, 3.63) is 23.3 Å². The van der Waals surface area contributed by atoms with E-state index in [0.717, 1.165) is 0 Å². The van der Waals surface area contributed by atoms with E-state index in [2.05, 4.69) is 9.47 Å². The number of aryl methyl sites for hydroxylation is 2. The fourth-order valence-corrected chi connectivity index (χ4v) is 3.69. The second kappa shape index (κ2) is 14.0. The lowest BCUT2D eigenvalue weighted by Crippen LogP contribution is -2.74. The largest absolute Gasteiger partial charge is 0.471 e. The lowest BCUT2D eigenvalue weighted by molar-refractivity contribution is -0.471. The lowest BCUT2D eigenvalue weighted by Gasteiger charge is -2.42. The van der Waals surface area contributed by atoms with Crippen LogP contribution in [0.3, 0.4) is 0 Å². The summed E-state index contributed by atoms with van der Waals surface area (Å²) in [4.78, 5) is 0. The van der Waals surface area contributed by atoms with Crippen molar-refractivity contribution in [1.29, 1.82) is 0 Å². The van der Waals surface area contributed by atoms with Gasteiger partial charge in [-0.3, -0.25) is 0 Å². The molecule has 0 fully saturated rings. The minimum atomic E-state index is -9.15. The van der Waals surface area contributed by atoms with Crippen LogP contribution < -0.4 is 9.47 Å². The summed E-state index contributed by atoms with van der Waals surface area (Å²) < 4.78 is 463. The molecule has 0 aliphatic rings. The molecule has 0 radical (unpaired) electrons. The summed E-state index contributed by atoms with van der Waals surface area (Å²) >= 11 is 0. The Balaban J connectivity index is 3.76. The number of benzene rings is 1. The molecule has 0 aromatic heterocycles. The van der Waals surface area contributed by atoms with E-state index in [1.165, 1.54) is 0 Å². The van der Waals surface area contributed by atoms with Crippen LogP contribution in [0.5, 0.6) is 11.5 Å². The number of halogens is 34. The van der Waals surface area contributed by atoms with E-state index in [1.807, 2.05) is 0 Å². The maximum absolute atomic E-state index is 14.2. The van der Waals surface area contributed by atoms with E-state index in [1.54, 1.807) is 0 Å². The van der Waals surface area contributed by atoms with E-state index in [-0.39, 0.29) is 13.8 Å². The van der Waals surface area contributed by atoms with Crippen molar-refractivity contribution in [2.75, 3.05) is 0 Å². The molecule has 1 rings (SSSR count). The van der Waals surface area contributed by atoms with Crippen molar-refractivity contribution in [3.63, 3.8) is 0 Å². The van der Waals surface area contributed by atoms with E-state index in [4.69, 9.17) is 0 Å². The van der Waals surface area contributed by atoms with Crippen LogP contribution in [0, 0.1) is 13.8 Å². The number of rotatable bonds is 16. The fraction of sp³-hybridized carbons (Fsp3) is 0.750. The van der Waals surface area contributed by atoms with Gasteiger partial charge in [0.25, 0.3) is 0 Å². The van der Waals surface area contributed by atoms with Gasteiger partial charge in [-0.2, -0.15) is 149 Å². The summed E-state index contributed by atoms with van der Waals surface area (Å²) in [7, 11) is 0. The summed E-state index contributed by atoms with van der Waals surface area (Å²) in [5.41, 5.74) is -3.92. The number of alkyl halides is 34. The number of hydrogen-bond acceptors (Lipinski definition) is 2. The molecule has 0 unspecified atom stereocenters. The highest BCUT2D eigenvalue weighted by Gasteiger charge is 2.97. The molecule has 2 nitrogen and oxygen atoms in total. The van der Waals surface area contributed by atoms with Crippen molar-refractivity contribution in [2.45, 2.75) is 109 Å². The summed E-state index contributed by atoms with van der Waals surface area (Å²) in [6, 6.07) is -1.65. The first-order chi connectivity index (χ1) is 25.5. The van der Waals surface area contributed by atoms with Gasteiger partial charge >= 0.3 is 95.6 Å². The number of hydrogen-bond donors (Lipinski definition) is 0. The van der Waals surface area contributed by atoms with Crippen molar-refractivity contribution in [1.82, 2.24) is 0 Å². The quantitative estimate of drug-likeness (QED) is 0.154. The monoisotopic (exact) mass is 974 g/mol. The first kappa shape index (κ1) is 54.5. The molecule has 0 spiro atoms. The minimum Gasteiger partial charge on any atom is -0.428 e. The zero-order valence-electron chi connectivity index (χ0n) is 26.8. The van der Waals surface area contributed by atoms with Gasteiger partial charge in [-0.25, -0.2) is 0 Å². The Morgan fingerprint density at radius 2 is 0.400 bits per heavy atom. The Hall–Kier alpha value is -3.56. The molecule has 0 atom stereocenters. The van der Waals surface area contributed by atoms with Crippen LogP contribution in [0.25, 0.3) is 0 Å². The van der Waals surface area contributed by atoms with Crippen LogP contribution in [-0.2, 0) is 0 Å². The molecule has 0 saturated carbocycles. The lowest BCUT2D eigenvalue weighted by atomic mass is 9.90. The molecule has 354 valence electrons. The average Bonchev–Trinajstić information content (AvgIpc) is 3.00. The van der Waals surface area contributed by atoms with E-state index in [9.17, 15) is 149 Å². The Kier molecular flexibility index (Phi) is 12.7. The predicted molar refractivity (Wildman–Crippen MR) is 119 cm³/mol.